The van der Waals surface area contributed by atoms with Crippen molar-refractivity contribution in [2.75, 3.05) is 33.4 Å². The van der Waals surface area contributed by atoms with Crippen LogP contribution in [-0.2, 0) is 4.74 Å². The molecule has 0 aromatic heterocycles. The Bertz CT molecular complexity index is 148. The number of ether oxygens (including phenoxy) is 1. The Balaban J connectivity index is 2.38. The predicted molar refractivity (Wildman–Crippen MR) is 41.4 cm³/mol. The molecular weight excluding hydrogens is 168 g/mol. The lowest BCUT2D eigenvalue weighted by molar-refractivity contribution is -0.0455. The third-order valence-electron chi connectivity index (χ3n) is 1.67. The van der Waals surface area contributed by atoms with Crippen molar-refractivity contribution in [2.45, 2.75) is 0 Å². The molecule has 1 aliphatic heterocycles. The fourth-order valence-electron chi connectivity index (χ4n) is 0.965. The van der Waals surface area contributed by atoms with E-state index < -0.39 is 5.37 Å². The van der Waals surface area contributed by atoms with Crippen molar-refractivity contribution in [2.24, 2.45) is 0 Å². The van der Waals surface area contributed by atoms with Gasteiger partial charge >= 0.3 is 5.37 Å². The molecule has 1 rings (SSSR count). The number of carbonyl (C=O) groups excluding carboxylic acids is 1. The topological polar surface area (TPSA) is 32.8 Å². The molecule has 0 atom stereocenters. The summed E-state index contributed by atoms with van der Waals surface area (Å²) in [7, 11) is 1.65. The number of hydrogen-bond acceptors (Lipinski definition) is 3. The molecule has 0 saturated carbocycles. The first kappa shape index (κ1) is 8.77. The summed E-state index contributed by atoms with van der Waals surface area (Å²) in [5, 5.41) is 2.81. The third kappa shape index (κ3) is 2.32. The van der Waals surface area contributed by atoms with E-state index in [1.54, 1.807) is 7.05 Å². The monoisotopic (exact) mass is 178 g/mol. The molecule has 0 aliphatic carbocycles. The van der Waals surface area contributed by atoms with E-state index in [0.29, 0.717) is 13.2 Å². The number of carbonyl (C=O) groups is 1. The maximum Gasteiger partial charge on any atom is 0.330 e. The van der Waals surface area contributed by atoms with Gasteiger partial charge < -0.3 is 4.74 Å². The van der Waals surface area contributed by atoms with Crippen molar-refractivity contribution in [3.05, 3.63) is 0 Å². The minimum absolute atomic E-state index is 0.452. The van der Waals surface area contributed by atoms with Gasteiger partial charge in [-0.1, -0.05) is 0 Å². The van der Waals surface area contributed by atoms with Crippen LogP contribution < -0.4 is 0 Å². The molecule has 11 heavy (non-hydrogen) atoms. The molecule has 0 aromatic rings. The van der Waals surface area contributed by atoms with Crippen molar-refractivity contribution in [3.8, 4) is 0 Å². The van der Waals surface area contributed by atoms with E-state index in [0.717, 1.165) is 13.1 Å². The molecule has 64 valence electrons. The first-order chi connectivity index (χ1) is 5.22. The summed E-state index contributed by atoms with van der Waals surface area (Å²) in [6.07, 6.45) is 0. The molecule has 5 heteroatoms. The average Bonchev–Trinajstić information content (AvgIpc) is 2.05. The molecule has 1 heterocycles. The van der Waals surface area contributed by atoms with Gasteiger partial charge in [0.2, 0.25) is 0 Å². The van der Waals surface area contributed by atoms with Gasteiger partial charge in [0.25, 0.3) is 0 Å². The Morgan fingerprint density at radius 2 is 2.09 bits per heavy atom. The van der Waals surface area contributed by atoms with Crippen molar-refractivity contribution in [1.82, 2.24) is 10.0 Å². The predicted octanol–water partition coefficient (Wildman–Crippen LogP) is 0.524. The molecule has 0 radical (unpaired) electrons. The zero-order valence-electron chi connectivity index (χ0n) is 6.42. The van der Waals surface area contributed by atoms with Crippen LogP contribution in [0.1, 0.15) is 0 Å². The lowest BCUT2D eigenvalue weighted by Gasteiger charge is -2.32. The standard InChI is InChI=1S/C6H11ClN2O2/c1-8(6(7)10)9-2-4-11-5-3-9/h2-5H2,1H3. The molecule has 1 saturated heterocycles. The van der Waals surface area contributed by atoms with Gasteiger partial charge in [0.05, 0.1) is 13.2 Å². The second-order valence-corrected chi connectivity index (χ2v) is 2.67. The van der Waals surface area contributed by atoms with Gasteiger partial charge in [0.1, 0.15) is 0 Å². The normalized spacial score (nSPS) is 19.8. The molecule has 4 nitrogen and oxygen atoms in total. The van der Waals surface area contributed by atoms with E-state index in [1.807, 2.05) is 5.01 Å². The van der Waals surface area contributed by atoms with Gasteiger partial charge in [-0.3, -0.25) is 9.80 Å². The SMILES string of the molecule is CN(C(=O)Cl)N1CCOCC1. The lowest BCUT2D eigenvalue weighted by Crippen LogP contribution is -2.47. The minimum Gasteiger partial charge on any atom is -0.379 e. The second-order valence-electron chi connectivity index (χ2n) is 2.34. The number of rotatable bonds is 1. The molecular formula is C6H11ClN2O2. The van der Waals surface area contributed by atoms with Crippen LogP contribution in [0.5, 0.6) is 0 Å². The highest BCUT2D eigenvalue weighted by Crippen LogP contribution is 2.03. The van der Waals surface area contributed by atoms with Crippen LogP contribution in [-0.4, -0.2) is 48.7 Å². The number of hydrazine groups is 1. The summed E-state index contributed by atoms with van der Waals surface area (Å²) in [4.78, 5) is 10.7. The fraction of sp³-hybridized carbons (Fsp3) is 0.833. The van der Waals surface area contributed by atoms with E-state index in [4.69, 9.17) is 16.3 Å². The van der Waals surface area contributed by atoms with Gasteiger partial charge in [-0.25, -0.2) is 5.01 Å². The van der Waals surface area contributed by atoms with Crippen molar-refractivity contribution in [1.29, 1.82) is 0 Å². The van der Waals surface area contributed by atoms with Crippen LogP contribution in [0.15, 0.2) is 0 Å². The lowest BCUT2D eigenvalue weighted by atomic mass is 10.5. The summed E-state index contributed by atoms with van der Waals surface area (Å²) >= 11 is 5.27. The van der Waals surface area contributed by atoms with Crippen molar-refractivity contribution in [3.63, 3.8) is 0 Å². The number of amides is 1. The zero-order valence-corrected chi connectivity index (χ0v) is 7.17. The maximum atomic E-state index is 10.7. The van der Waals surface area contributed by atoms with E-state index in [2.05, 4.69) is 0 Å². The third-order valence-corrected chi connectivity index (χ3v) is 1.91. The van der Waals surface area contributed by atoms with Gasteiger partial charge in [0.15, 0.2) is 0 Å². The highest BCUT2D eigenvalue weighted by Gasteiger charge is 2.17. The quantitative estimate of drug-likeness (QED) is 0.434. The minimum atomic E-state index is -0.452. The summed E-state index contributed by atoms with van der Waals surface area (Å²) in [5.74, 6) is 0. The molecule has 1 aliphatic rings. The molecule has 1 fully saturated rings. The first-order valence-corrected chi connectivity index (χ1v) is 3.85. The van der Waals surface area contributed by atoms with Gasteiger partial charge in [0, 0.05) is 20.1 Å². The molecule has 0 aromatic carbocycles. The second kappa shape index (κ2) is 3.90. The summed E-state index contributed by atoms with van der Waals surface area (Å²) in [5.41, 5.74) is 0. The van der Waals surface area contributed by atoms with Gasteiger partial charge in [-0.15, -0.1) is 0 Å². The number of nitrogens with zero attached hydrogens (tertiary/aromatic N) is 2. The maximum absolute atomic E-state index is 10.7. The Morgan fingerprint density at radius 3 is 2.55 bits per heavy atom. The highest BCUT2D eigenvalue weighted by atomic mass is 35.5. The zero-order chi connectivity index (χ0) is 8.27. The van der Waals surface area contributed by atoms with Crippen LogP contribution in [0.25, 0.3) is 0 Å². The Morgan fingerprint density at radius 1 is 1.55 bits per heavy atom. The summed E-state index contributed by atoms with van der Waals surface area (Å²) in [6.45, 7) is 2.78. The van der Waals surface area contributed by atoms with E-state index in [1.165, 1.54) is 5.01 Å². The number of morpholine rings is 1. The smallest absolute Gasteiger partial charge is 0.330 e. The van der Waals surface area contributed by atoms with E-state index in [9.17, 15) is 4.79 Å². The average molecular weight is 179 g/mol. The van der Waals surface area contributed by atoms with E-state index in [-0.39, 0.29) is 0 Å². The van der Waals surface area contributed by atoms with Crippen LogP contribution in [0.3, 0.4) is 0 Å². The molecule has 0 bridgehead atoms. The Kier molecular flexibility index (Phi) is 3.11. The fourth-order valence-corrected chi connectivity index (χ4v) is 1.07. The largest absolute Gasteiger partial charge is 0.379 e. The molecule has 1 amide bonds. The van der Waals surface area contributed by atoms with Crippen LogP contribution >= 0.6 is 11.6 Å². The van der Waals surface area contributed by atoms with Crippen LogP contribution in [0.2, 0.25) is 0 Å². The van der Waals surface area contributed by atoms with Crippen LogP contribution in [0, 0.1) is 0 Å². The van der Waals surface area contributed by atoms with Crippen molar-refractivity contribution >= 4 is 17.0 Å². The van der Waals surface area contributed by atoms with Crippen LogP contribution in [0.4, 0.5) is 4.79 Å². The number of hydrogen-bond donors (Lipinski definition) is 0. The molecule has 0 spiro atoms. The molecule has 0 unspecified atom stereocenters. The first-order valence-electron chi connectivity index (χ1n) is 3.47. The van der Waals surface area contributed by atoms with Gasteiger partial charge in [-0.05, 0) is 11.6 Å². The van der Waals surface area contributed by atoms with Crippen molar-refractivity contribution < 1.29 is 9.53 Å². The molecule has 0 N–H and O–H groups in total. The number of halogens is 1. The Hall–Kier alpha value is -0.320. The Labute approximate surface area is 70.6 Å². The summed E-state index contributed by atoms with van der Waals surface area (Å²) in [6, 6.07) is 0. The summed E-state index contributed by atoms with van der Waals surface area (Å²) < 4.78 is 5.11. The highest BCUT2D eigenvalue weighted by molar-refractivity contribution is 6.62. The van der Waals surface area contributed by atoms with Gasteiger partial charge in [-0.2, -0.15) is 0 Å². The van der Waals surface area contributed by atoms with E-state index >= 15 is 0 Å².